The monoisotopic (exact) mass is 409 g/mol. The number of amides is 1. The van der Waals surface area contributed by atoms with E-state index in [1.807, 2.05) is 0 Å². The molecule has 2 aromatic carbocycles. The molecule has 0 bridgehead atoms. The van der Waals surface area contributed by atoms with Gasteiger partial charge >= 0.3 is 7.82 Å². The van der Waals surface area contributed by atoms with Crippen molar-refractivity contribution in [1.29, 1.82) is 0 Å². The van der Waals surface area contributed by atoms with Gasteiger partial charge in [-0.25, -0.2) is 8.96 Å². The standard InChI is InChI=1S/C18H21FN3O5P/c1-2-21-17-7-6-13(10-16(17)20)18(23)22-15(11-27-28(24,25)26)9-12-4-3-5-14(19)8-12/h2-8,10,15H,9,11,20H2,1H3,(H,22,23)(H2,24,25,26)/t15-/m1/s1. The largest absolute Gasteiger partial charge is 0.469 e. The van der Waals surface area contributed by atoms with Gasteiger partial charge in [0.25, 0.3) is 5.91 Å². The molecule has 0 saturated carbocycles. The van der Waals surface area contributed by atoms with E-state index in [-0.39, 0.29) is 12.0 Å². The SMILES string of the molecule is CC=Nc1ccc(C(=O)N[C@@H](COP(=O)(O)O)Cc2cccc(F)c2)cc1N. The third-order valence-electron chi connectivity index (χ3n) is 3.71. The van der Waals surface area contributed by atoms with Gasteiger partial charge in [-0.15, -0.1) is 0 Å². The van der Waals surface area contributed by atoms with Crippen molar-refractivity contribution in [3.05, 3.63) is 59.4 Å². The first kappa shape index (κ1) is 21.7. The molecule has 0 saturated heterocycles. The van der Waals surface area contributed by atoms with E-state index < -0.39 is 32.2 Å². The van der Waals surface area contributed by atoms with Gasteiger partial charge < -0.3 is 20.8 Å². The van der Waals surface area contributed by atoms with Crippen LogP contribution in [0.2, 0.25) is 0 Å². The Morgan fingerprint density at radius 2 is 2.11 bits per heavy atom. The first-order chi connectivity index (χ1) is 13.2. The maximum Gasteiger partial charge on any atom is 0.469 e. The normalized spacial score (nSPS) is 12.9. The van der Waals surface area contributed by atoms with E-state index in [1.165, 1.54) is 30.3 Å². The van der Waals surface area contributed by atoms with Crippen LogP contribution < -0.4 is 11.1 Å². The van der Waals surface area contributed by atoms with Crippen LogP contribution in [-0.4, -0.2) is 34.6 Å². The second-order valence-corrected chi connectivity index (χ2v) is 7.19. The molecule has 0 fully saturated rings. The van der Waals surface area contributed by atoms with Crippen molar-refractivity contribution in [3.8, 4) is 0 Å². The predicted molar refractivity (Wildman–Crippen MR) is 104 cm³/mol. The quantitative estimate of drug-likeness (QED) is 0.301. The van der Waals surface area contributed by atoms with Gasteiger partial charge in [0.15, 0.2) is 0 Å². The Labute approximate surface area is 161 Å². The molecule has 1 amide bonds. The molecule has 2 aromatic rings. The fourth-order valence-corrected chi connectivity index (χ4v) is 2.88. The molecule has 1 atom stereocenters. The summed E-state index contributed by atoms with van der Waals surface area (Å²) in [5.41, 5.74) is 7.47. The van der Waals surface area contributed by atoms with E-state index in [0.29, 0.717) is 16.9 Å². The number of phosphoric acid groups is 1. The zero-order chi connectivity index (χ0) is 20.7. The van der Waals surface area contributed by atoms with Gasteiger partial charge in [-0.2, -0.15) is 0 Å². The number of nitrogen functional groups attached to an aromatic ring is 1. The highest BCUT2D eigenvalue weighted by Gasteiger charge is 2.21. The van der Waals surface area contributed by atoms with E-state index in [0.717, 1.165) is 0 Å². The first-order valence-electron chi connectivity index (χ1n) is 8.31. The summed E-state index contributed by atoms with van der Waals surface area (Å²) < 4.78 is 28.9. The number of nitrogens with two attached hydrogens (primary N) is 1. The van der Waals surface area contributed by atoms with Crippen LogP contribution in [0.25, 0.3) is 0 Å². The predicted octanol–water partition coefficient (Wildman–Crippen LogP) is 2.58. The molecule has 2 rings (SSSR count). The Kier molecular flexibility index (Phi) is 7.42. The molecule has 0 aliphatic heterocycles. The van der Waals surface area contributed by atoms with Gasteiger partial charge in [0, 0.05) is 11.8 Å². The van der Waals surface area contributed by atoms with Crippen LogP contribution in [-0.2, 0) is 15.5 Å². The molecule has 28 heavy (non-hydrogen) atoms. The summed E-state index contributed by atoms with van der Waals surface area (Å²) in [5, 5.41) is 2.63. The third-order valence-corrected chi connectivity index (χ3v) is 4.19. The molecular weight excluding hydrogens is 388 g/mol. The molecule has 0 aromatic heterocycles. The highest BCUT2D eigenvalue weighted by Crippen LogP contribution is 2.35. The molecule has 0 spiro atoms. The number of anilines is 1. The maximum absolute atomic E-state index is 13.4. The van der Waals surface area contributed by atoms with Crippen LogP contribution in [0.5, 0.6) is 0 Å². The number of nitrogens with zero attached hydrogens (tertiary/aromatic N) is 1. The second-order valence-electron chi connectivity index (χ2n) is 5.95. The lowest BCUT2D eigenvalue weighted by Crippen LogP contribution is -2.39. The summed E-state index contributed by atoms with van der Waals surface area (Å²) in [4.78, 5) is 34.5. The summed E-state index contributed by atoms with van der Waals surface area (Å²) >= 11 is 0. The second kappa shape index (κ2) is 9.57. The van der Waals surface area contributed by atoms with E-state index >= 15 is 0 Å². The van der Waals surface area contributed by atoms with E-state index in [1.54, 1.807) is 25.3 Å². The number of carbonyl (C=O) groups excluding carboxylic acids is 1. The summed E-state index contributed by atoms with van der Waals surface area (Å²) in [6, 6.07) is 9.42. The molecule has 0 aliphatic carbocycles. The van der Waals surface area contributed by atoms with Gasteiger partial charge in [-0.1, -0.05) is 12.1 Å². The first-order valence-corrected chi connectivity index (χ1v) is 9.84. The minimum absolute atomic E-state index is 0.108. The minimum atomic E-state index is -4.73. The summed E-state index contributed by atoms with van der Waals surface area (Å²) in [7, 11) is -4.73. The molecule has 0 aliphatic rings. The molecule has 5 N–H and O–H groups in total. The Balaban J connectivity index is 2.16. The summed E-state index contributed by atoms with van der Waals surface area (Å²) in [5.74, 6) is -0.979. The molecule has 0 radical (unpaired) electrons. The number of hydrogen-bond donors (Lipinski definition) is 4. The zero-order valence-corrected chi connectivity index (χ0v) is 16.0. The highest BCUT2D eigenvalue weighted by molar-refractivity contribution is 7.46. The Hall–Kier alpha value is -2.58. The minimum Gasteiger partial charge on any atom is -0.397 e. The summed E-state index contributed by atoms with van der Waals surface area (Å²) in [6.07, 6.45) is 1.68. The van der Waals surface area contributed by atoms with Gasteiger partial charge in [0.05, 0.1) is 24.0 Å². The van der Waals surface area contributed by atoms with Crippen molar-refractivity contribution in [3.63, 3.8) is 0 Å². The molecule has 8 nitrogen and oxygen atoms in total. The maximum atomic E-state index is 13.4. The van der Waals surface area contributed by atoms with Crippen LogP contribution in [0, 0.1) is 5.82 Å². The lowest BCUT2D eigenvalue weighted by atomic mass is 10.1. The average molecular weight is 409 g/mol. The Morgan fingerprint density at radius 1 is 1.36 bits per heavy atom. The van der Waals surface area contributed by atoms with Crippen LogP contribution in [0.4, 0.5) is 15.8 Å². The van der Waals surface area contributed by atoms with Crippen LogP contribution in [0.15, 0.2) is 47.5 Å². The van der Waals surface area contributed by atoms with Crippen molar-refractivity contribution >= 4 is 31.3 Å². The van der Waals surface area contributed by atoms with Crippen molar-refractivity contribution in [2.75, 3.05) is 12.3 Å². The smallest absolute Gasteiger partial charge is 0.397 e. The number of nitrogens with one attached hydrogen (secondary N) is 1. The fraction of sp³-hybridized carbons (Fsp3) is 0.222. The average Bonchev–Trinajstić information content (AvgIpc) is 2.61. The number of carbonyl (C=O) groups is 1. The number of hydrogen-bond acceptors (Lipinski definition) is 5. The van der Waals surface area contributed by atoms with Crippen molar-refractivity contribution in [1.82, 2.24) is 5.32 Å². The van der Waals surface area contributed by atoms with E-state index in [2.05, 4.69) is 14.8 Å². The third kappa shape index (κ3) is 6.86. The lowest BCUT2D eigenvalue weighted by Gasteiger charge is -2.19. The lowest BCUT2D eigenvalue weighted by molar-refractivity contribution is 0.0909. The van der Waals surface area contributed by atoms with E-state index in [4.69, 9.17) is 15.5 Å². The van der Waals surface area contributed by atoms with Gasteiger partial charge in [-0.05, 0) is 49.2 Å². The number of halogens is 1. The number of phosphoric ester groups is 1. The van der Waals surface area contributed by atoms with Crippen LogP contribution in [0.1, 0.15) is 22.8 Å². The topological polar surface area (TPSA) is 134 Å². The Morgan fingerprint density at radius 3 is 2.71 bits per heavy atom. The fourth-order valence-electron chi connectivity index (χ4n) is 2.51. The molecule has 0 unspecified atom stereocenters. The van der Waals surface area contributed by atoms with Gasteiger partial charge in [0.2, 0.25) is 0 Å². The van der Waals surface area contributed by atoms with Crippen molar-refractivity contribution in [2.45, 2.75) is 19.4 Å². The number of rotatable bonds is 8. The van der Waals surface area contributed by atoms with Gasteiger partial charge in [-0.3, -0.25) is 14.3 Å². The van der Waals surface area contributed by atoms with Gasteiger partial charge in [0.1, 0.15) is 5.82 Å². The molecule has 10 heteroatoms. The van der Waals surface area contributed by atoms with E-state index in [9.17, 15) is 13.8 Å². The van der Waals surface area contributed by atoms with Crippen LogP contribution in [0.3, 0.4) is 0 Å². The van der Waals surface area contributed by atoms with Crippen molar-refractivity contribution in [2.24, 2.45) is 4.99 Å². The molecule has 150 valence electrons. The summed E-state index contributed by atoms with van der Waals surface area (Å²) in [6.45, 7) is 1.28. The zero-order valence-electron chi connectivity index (χ0n) is 15.1. The number of benzene rings is 2. The van der Waals surface area contributed by atoms with Crippen LogP contribution >= 0.6 is 7.82 Å². The highest BCUT2D eigenvalue weighted by atomic mass is 31.2. The molecular formula is C18H21FN3O5P. The number of aliphatic imine (C=N–C) groups is 1. The van der Waals surface area contributed by atoms with Crippen molar-refractivity contribution < 1.29 is 28.1 Å². The molecule has 0 heterocycles. The Bertz CT molecular complexity index is 916.